The van der Waals surface area contributed by atoms with Gasteiger partial charge < -0.3 is 10.5 Å². The Labute approximate surface area is 103 Å². The van der Waals surface area contributed by atoms with Crippen molar-refractivity contribution < 1.29 is 4.74 Å². The van der Waals surface area contributed by atoms with E-state index in [4.69, 9.17) is 10.5 Å². The molecule has 0 bridgehead atoms. The summed E-state index contributed by atoms with van der Waals surface area (Å²) in [6.07, 6.45) is 0. The average Bonchev–Trinajstić information content (AvgIpc) is 2.32. The Balaban J connectivity index is 2.03. The second-order valence-electron chi connectivity index (χ2n) is 3.46. The highest BCUT2D eigenvalue weighted by Gasteiger charge is 1.99. The minimum absolute atomic E-state index is 0.557. The molecule has 0 aliphatic carbocycles. The number of hydrogen-bond donors (Lipinski definition) is 1. The first-order valence-electron chi connectivity index (χ1n) is 4.97. The average molecular weight is 278 g/mol. The predicted octanol–water partition coefficient (Wildman–Crippen LogP) is 3.61. The van der Waals surface area contributed by atoms with Crippen molar-refractivity contribution in [2.24, 2.45) is 0 Å². The van der Waals surface area contributed by atoms with Gasteiger partial charge in [-0.1, -0.05) is 30.3 Å². The number of halogens is 1. The summed E-state index contributed by atoms with van der Waals surface area (Å²) in [6.45, 7) is 0.557. The van der Waals surface area contributed by atoms with Crippen LogP contribution in [0.5, 0.6) is 5.75 Å². The quantitative estimate of drug-likeness (QED) is 0.870. The monoisotopic (exact) mass is 277 g/mol. The number of rotatable bonds is 3. The molecule has 16 heavy (non-hydrogen) atoms. The maximum atomic E-state index is 5.76. The smallest absolute Gasteiger partial charge is 0.121 e. The molecular weight excluding hydrogens is 266 g/mol. The van der Waals surface area contributed by atoms with Crippen molar-refractivity contribution in [2.75, 3.05) is 5.73 Å². The number of hydrogen-bond acceptors (Lipinski definition) is 2. The fourth-order valence-electron chi connectivity index (χ4n) is 1.35. The maximum Gasteiger partial charge on any atom is 0.121 e. The molecule has 0 fully saturated rings. The van der Waals surface area contributed by atoms with Crippen molar-refractivity contribution in [3.63, 3.8) is 0 Å². The molecular formula is C13H12BrNO. The highest BCUT2D eigenvalue weighted by atomic mass is 79.9. The van der Waals surface area contributed by atoms with E-state index >= 15 is 0 Å². The molecule has 0 aromatic heterocycles. The van der Waals surface area contributed by atoms with Crippen LogP contribution in [-0.2, 0) is 6.61 Å². The Hall–Kier alpha value is -1.48. The number of benzene rings is 2. The van der Waals surface area contributed by atoms with Gasteiger partial charge in [0.15, 0.2) is 0 Å². The second-order valence-corrected chi connectivity index (χ2v) is 4.31. The van der Waals surface area contributed by atoms with E-state index in [0.717, 1.165) is 15.8 Å². The molecule has 0 spiro atoms. The van der Waals surface area contributed by atoms with Crippen LogP contribution in [0.3, 0.4) is 0 Å². The van der Waals surface area contributed by atoms with Crippen LogP contribution in [-0.4, -0.2) is 0 Å². The van der Waals surface area contributed by atoms with Gasteiger partial charge in [-0.2, -0.15) is 0 Å². The van der Waals surface area contributed by atoms with E-state index < -0.39 is 0 Å². The summed E-state index contributed by atoms with van der Waals surface area (Å²) >= 11 is 3.34. The molecule has 2 nitrogen and oxygen atoms in total. The molecule has 0 heterocycles. The summed E-state index contributed by atoms with van der Waals surface area (Å²) in [7, 11) is 0. The van der Waals surface area contributed by atoms with Crippen molar-refractivity contribution in [1.29, 1.82) is 0 Å². The van der Waals surface area contributed by atoms with Gasteiger partial charge in [-0.05, 0) is 33.6 Å². The van der Waals surface area contributed by atoms with Crippen LogP contribution >= 0.6 is 15.9 Å². The maximum absolute atomic E-state index is 5.76. The molecule has 0 aliphatic heterocycles. The van der Waals surface area contributed by atoms with Crippen LogP contribution in [0.25, 0.3) is 0 Å². The molecule has 0 saturated carbocycles. The first-order chi connectivity index (χ1) is 7.75. The fourth-order valence-corrected chi connectivity index (χ4v) is 1.60. The zero-order valence-electron chi connectivity index (χ0n) is 8.69. The van der Waals surface area contributed by atoms with Gasteiger partial charge >= 0.3 is 0 Å². The van der Waals surface area contributed by atoms with Gasteiger partial charge in [0.2, 0.25) is 0 Å². The Kier molecular flexibility index (Phi) is 3.47. The molecule has 0 atom stereocenters. The van der Waals surface area contributed by atoms with Gasteiger partial charge in [0.1, 0.15) is 12.4 Å². The third kappa shape index (κ3) is 2.76. The number of ether oxygens (including phenoxy) is 1. The van der Waals surface area contributed by atoms with E-state index in [-0.39, 0.29) is 0 Å². The molecule has 2 N–H and O–H groups in total. The molecule has 2 rings (SSSR count). The summed E-state index contributed by atoms with van der Waals surface area (Å²) in [5.41, 5.74) is 7.59. The zero-order chi connectivity index (χ0) is 11.4. The Morgan fingerprint density at radius 1 is 1.06 bits per heavy atom. The van der Waals surface area contributed by atoms with E-state index in [1.165, 1.54) is 0 Å². The van der Waals surface area contributed by atoms with Gasteiger partial charge in [-0.3, -0.25) is 0 Å². The molecule has 0 amide bonds. The fraction of sp³-hybridized carbons (Fsp3) is 0.0769. The SMILES string of the molecule is Nc1cc(OCc2ccccc2)ccc1Br. The van der Waals surface area contributed by atoms with Crippen molar-refractivity contribution >= 4 is 21.6 Å². The summed E-state index contributed by atoms with van der Waals surface area (Å²) in [5.74, 6) is 0.782. The number of anilines is 1. The van der Waals surface area contributed by atoms with Crippen LogP contribution in [0.15, 0.2) is 53.0 Å². The topological polar surface area (TPSA) is 35.2 Å². The molecule has 3 heteroatoms. The summed E-state index contributed by atoms with van der Waals surface area (Å²) in [4.78, 5) is 0. The molecule has 82 valence electrons. The Morgan fingerprint density at radius 3 is 2.50 bits per heavy atom. The summed E-state index contributed by atoms with van der Waals surface area (Å²) in [6, 6.07) is 15.6. The lowest BCUT2D eigenvalue weighted by Crippen LogP contribution is -1.96. The second kappa shape index (κ2) is 5.03. The molecule has 2 aromatic rings. The minimum Gasteiger partial charge on any atom is -0.489 e. The minimum atomic E-state index is 0.557. The van der Waals surface area contributed by atoms with E-state index in [1.807, 2.05) is 48.5 Å². The Morgan fingerprint density at radius 2 is 1.81 bits per heavy atom. The lowest BCUT2D eigenvalue weighted by atomic mass is 10.2. The summed E-state index contributed by atoms with van der Waals surface area (Å²) < 4.78 is 6.52. The van der Waals surface area contributed by atoms with Gasteiger partial charge in [-0.25, -0.2) is 0 Å². The van der Waals surface area contributed by atoms with Crippen molar-refractivity contribution in [3.8, 4) is 5.75 Å². The molecule has 2 aromatic carbocycles. The van der Waals surface area contributed by atoms with Crippen LogP contribution in [0.1, 0.15) is 5.56 Å². The van der Waals surface area contributed by atoms with Gasteiger partial charge in [0, 0.05) is 16.2 Å². The van der Waals surface area contributed by atoms with Gasteiger partial charge in [0.05, 0.1) is 0 Å². The van der Waals surface area contributed by atoms with E-state index in [1.54, 1.807) is 0 Å². The van der Waals surface area contributed by atoms with Crippen LogP contribution in [0.4, 0.5) is 5.69 Å². The summed E-state index contributed by atoms with van der Waals surface area (Å²) in [5, 5.41) is 0. The van der Waals surface area contributed by atoms with E-state index in [0.29, 0.717) is 12.3 Å². The Bertz CT molecular complexity index is 471. The normalized spacial score (nSPS) is 10.1. The van der Waals surface area contributed by atoms with Crippen molar-refractivity contribution in [3.05, 3.63) is 58.6 Å². The predicted molar refractivity (Wildman–Crippen MR) is 69.3 cm³/mol. The van der Waals surface area contributed by atoms with E-state index in [2.05, 4.69) is 15.9 Å². The highest BCUT2D eigenvalue weighted by molar-refractivity contribution is 9.10. The molecule has 0 aliphatic rings. The van der Waals surface area contributed by atoms with Crippen LogP contribution < -0.4 is 10.5 Å². The molecule has 0 unspecified atom stereocenters. The van der Waals surface area contributed by atoms with E-state index in [9.17, 15) is 0 Å². The lowest BCUT2D eigenvalue weighted by Gasteiger charge is -2.07. The standard InChI is InChI=1S/C13H12BrNO/c14-12-7-6-11(8-13(12)15)16-9-10-4-2-1-3-5-10/h1-8H,9,15H2. The molecule has 0 saturated heterocycles. The first kappa shape index (κ1) is 11.0. The van der Waals surface area contributed by atoms with Gasteiger partial charge in [-0.15, -0.1) is 0 Å². The van der Waals surface area contributed by atoms with Crippen LogP contribution in [0.2, 0.25) is 0 Å². The third-order valence-corrected chi connectivity index (χ3v) is 2.94. The third-order valence-electron chi connectivity index (χ3n) is 2.22. The molecule has 0 radical (unpaired) electrons. The van der Waals surface area contributed by atoms with Crippen molar-refractivity contribution in [1.82, 2.24) is 0 Å². The largest absolute Gasteiger partial charge is 0.489 e. The first-order valence-corrected chi connectivity index (χ1v) is 5.77. The lowest BCUT2D eigenvalue weighted by molar-refractivity contribution is 0.306. The number of nitrogens with two attached hydrogens (primary N) is 1. The number of nitrogen functional groups attached to an aromatic ring is 1. The van der Waals surface area contributed by atoms with Crippen molar-refractivity contribution in [2.45, 2.75) is 6.61 Å². The van der Waals surface area contributed by atoms with Crippen LogP contribution in [0, 0.1) is 0 Å². The zero-order valence-corrected chi connectivity index (χ0v) is 10.3. The van der Waals surface area contributed by atoms with Gasteiger partial charge in [0.25, 0.3) is 0 Å². The highest BCUT2D eigenvalue weighted by Crippen LogP contribution is 2.24.